The third-order valence-corrected chi connectivity index (χ3v) is 5.16. The Morgan fingerprint density at radius 2 is 1.56 bits per heavy atom. The zero-order valence-electron chi connectivity index (χ0n) is 10.9. The highest BCUT2D eigenvalue weighted by Gasteiger charge is 2.31. The molecule has 1 rings (SSSR count). The van der Waals surface area contributed by atoms with Gasteiger partial charge in [0.15, 0.2) is 0 Å². The molecule has 0 N–H and O–H groups in total. The minimum absolute atomic E-state index is 0.133. The first-order valence-electron chi connectivity index (χ1n) is 5.93. The van der Waals surface area contributed by atoms with E-state index in [0.717, 1.165) is 0 Å². The summed E-state index contributed by atoms with van der Waals surface area (Å²) >= 11 is 0. The molecule has 0 fully saturated rings. The summed E-state index contributed by atoms with van der Waals surface area (Å²) in [5, 5.41) is 0.476. The van der Waals surface area contributed by atoms with Gasteiger partial charge in [-0.3, -0.25) is 0 Å². The Kier molecular flexibility index (Phi) is 4.08. The average Bonchev–Trinajstić information content (AvgIpc) is 2.26. The van der Waals surface area contributed by atoms with Crippen LogP contribution >= 0.6 is 0 Å². The number of hydrogen-bond acceptors (Lipinski definition) is 1. The minimum Gasteiger partial charge on any atom is -0.305 e. The van der Waals surface area contributed by atoms with Crippen molar-refractivity contribution in [3.63, 3.8) is 0 Å². The van der Waals surface area contributed by atoms with Gasteiger partial charge in [0.1, 0.15) is 13.5 Å². The third-order valence-electron chi connectivity index (χ3n) is 3.23. The summed E-state index contributed by atoms with van der Waals surface area (Å²) in [4.78, 5) is 12.2. The van der Waals surface area contributed by atoms with Crippen LogP contribution in [0.3, 0.4) is 0 Å². The molecule has 0 bridgehead atoms. The topological polar surface area (TPSA) is 17.1 Å². The van der Waals surface area contributed by atoms with Crippen LogP contribution in [0.15, 0.2) is 30.3 Å². The fraction of sp³-hybridized carbons (Fsp3) is 0.500. The van der Waals surface area contributed by atoms with E-state index >= 15 is 0 Å². The number of carbonyl (C=O) groups is 1. The van der Waals surface area contributed by atoms with E-state index in [1.807, 2.05) is 18.2 Å². The van der Waals surface area contributed by atoms with E-state index in [1.54, 1.807) is 0 Å². The van der Waals surface area contributed by atoms with Crippen molar-refractivity contribution in [1.82, 2.24) is 0 Å². The standard InChI is InChI=1S/C14H22OSi/c1-11(13-9-7-6-8-10-13)12(2)14(15)16(3,4)5/h6-12H,1-5H3. The first-order valence-corrected chi connectivity index (χ1v) is 9.43. The van der Waals surface area contributed by atoms with Gasteiger partial charge in [-0.25, -0.2) is 0 Å². The van der Waals surface area contributed by atoms with Crippen LogP contribution in [0.2, 0.25) is 19.6 Å². The SMILES string of the molecule is CC(C(=O)[Si](C)(C)C)C(C)c1ccccc1. The van der Waals surface area contributed by atoms with E-state index in [4.69, 9.17) is 0 Å². The lowest BCUT2D eigenvalue weighted by molar-refractivity contribution is -0.116. The highest BCUT2D eigenvalue weighted by molar-refractivity contribution is 7.03. The van der Waals surface area contributed by atoms with E-state index in [2.05, 4.69) is 45.6 Å². The van der Waals surface area contributed by atoms with Gasteiger partial charge in [0.05, 0.1) is 0 Å². The Bertz CT molecular complexity index is 351. The van der Waals surface area contributed by atoms with Crippen molar-refractivity contribution in [2.24, 2.45) is 5.92 Å². The van der Waals surface area contributed by atoms with Crippen molar-refractivity contribution < 1.29 is 4.79 Å². The van der Waals surface area contributed by atoms with Gasteiger partial charge in [-0.15, -0.1) is 0 Å². The molecule has 0 spiro atoms. The maximum absolute atomic E-state index is 12.2. The zero-order valence-corrected chi connectivity index (χ0v) is 11.9. The Morgan fingerprint density at radius 1 is 1.06 bits per heavy atom. The summed E-state index contributed by atoms with van der Waals surface area (Å²) in [6.07, 6.45) is 0. The molecule has 88 valence electrons. The van der Waals surface area contributed by atoms with Crippen molar-refractivity contribution in [3.05, 3.63) is 35.9 Å². The molecule has 16 heavy (non-hydrogen) atoms. The molecule has 0 aliphatic rings. The smallest absolute Gasteiger partial charge is 0.124 e. The number of hydrogen-bond donors (Lipinski definition) is 0. The molecule has 1 aromatic rings. The van der Waals surface area contributed by atoms with Crippen LogP contribution in [0.5, 0.6) is 0 Å². The Morgan fingerprint density at radius 3 is 2.00 bits per heavy atom. The van der Waals surface area contributed by atoms with Crippen LogP contribution in [-0.4, -0.2) is 13.5 Å². The van der Waals surface area contributed by atoms with E-state index in [-0.39, 0.29) is 5.92 Å². The lowest BCUT2D eigenvalue weighted by atomic mass is 9.90. The second-order valence-electron chi connectivity index (χ2n) is 5.60. The lowest BCUT2D eigenvalue weighted by Crippen LogP contribution is -2.39. The van der Waals surface area contributed by atoms with Gasteiger partial charge in [0.2, 0.25) is 0 Å². The Balaban J connectivity index is 2.83. The first kappa shape index (κ1) is 13.2. The lowest BCUT2D eigenvalue weighted by Gasteiger charge is -2.25. The van der Waals surface area contributed by atoms with Crippen LogP contribution in [0, 0.1) is 5.92 Å². The summed E-state index contributed by atoms with van der Waals surface area (Å²) in [6.45, 7) is 10.6. The quantitative estimate of drug-likeness (QED) is 0.723. The van der Waals surface area contributed by atoms with Crippen molar-refractivity contribution in [3.8, 4) is 0 Å². The minimum atomic E-state index is -1.66. The molecule has 0 saturated heterocycles. The number of rotatable bonds is 4. The fourth-order valence-electron chi connectivity index (χ4n) is 1.96. The third kappa shape index (κ3) is 3.05. The molecule has 0 amide bonds. The molecule has 1 nitrogen and oxygen atoms in total. The fourth-order valence-corrected chi connectivity index (χ4v) is 3.57. The second-order valence-corrected chi connectivity index (χ2v) is 10.6. The van der Waals surface area contributed by atoms with Crippen LogP contribution < -0.4 is 0 Å². The monoisotopic (exact) mass is 234 g/mol. The maximum Gasteiger partial charge on any atom is 0.124 e. The van der Waals surface area contributed by atoms with Gasteiger partial charge in [-0.2, -0.15) is 0 Å². The molecule has 0 aliphatic heterocycles. The molecule has 2 atom stereocenters. The van der Waals surface area contributed by atoms with Gasteiger partial charge in [0, 0.05) is 5.92 Å². The largest absolute Gasteiger partial charge is 0.305 e. The van der Waals surface area contributed by atoms with Gasteiger partial charge in [-0.05, 0) is 11.5 Å². The summed E-state index contributed by atoms with van der Waals surface area (Å²) in [6, 6.07) is 10.3. The molecular formula is C14H22OSi. The summed E-state index contributed by atoms with van der Waals surface area (Å²) in [7, 11) is -1.66. The van der Waals surface area contributed by atoms with E-state index in [0.29, 0.717) is 11.3 Å². The Hall–Kier alpha value is -0.893. The molecule has 0 saturated carbocycles. The molecule has 1 aromatic carbocycles. The van der Waals surface area contributed by atoms with Crippen LogP contribution in [0.4, 0.5) is 0 Å². The first-order chi connectivity index (χ1) is 7.34. The molecule has 2 unspecified atom stereocenters. The highest BCUT2D eigenvalue weighted by Crippen LogP contribution is 2.27. The summed E-state index contributed by atoms with van der Waals surface area (Å²) < 4.78 is 0. The van der Waals surface area contributed by atoms with Gasteiger partial charge in [0.25, 0.3) is 0 Å². The molecule has 0 aromatic heterocycles. The molecule has 2 heteroatoms. The molecule has 0 aliphatic carbocycles. The van der Waals surface area contributed by atoms with Gasteiger partial charge < -0.3 is 4.79 Å². The highest BCUT2D eigenvalue weighted by atomic mass is 28.3. The number of benzene rings is 1. The van der Waals surface area contributed by atoms with E-state index < -0.39 is 8.07 Å². The molecule has 0 heterocycles. The molecule has 0 radical (unpaired) electrons. The van der Waals surface area contributed by atoms with Gasteiger partial charge >= 0.3 is 0 Å². The van der Waals surface area contributed by atoms with Crippen molar-refractivity contribution in [2.45, 2.75) is 39.4 Å². The van der Waals surface area contributed by atoms with Crippen molar-refractivity contribution >= 4 is 13.5 Å². The van der Waals surface area contributed by atoms with Crippen molar-refractivity contribution in [2.75, 3.05) is 0 Å². The Labute approximate surface area is 99.9 Å². The summed E-state index contributed by atoms with van der Waals surface area (Å²) in [5.41, 5.74) is 1.27. The normalized spacial score (nSPS) is 15.6. The van der Waals surface area contributed by atoms with Gasteiger partial charge in [-0.1, -0.05) is 63.8 Å². The maximum atomic E-state index is 12.2. The van der Waals surface area contributed by atoms with E-state index in [9.17, 15) is 4.79 Å². The summed E-state index contributed by atoms with van der Waals surface area (Å²) in [5.74, 6) is 0.453. The van der Waals surface area contributed by atoms with E-state index in [1.165, 1.54) is 5.56 Å². The predicted octanol–water partition coefficient (Wildman–Crippen LogP) is 3.87. The number of carbonyl (C=O) groups excluding carboxylic acids is 1. The average molecular weight is 234 g/mol. The second kappa shape index (κ2) is 4.96. The van der Waals surface area contributed by atoms with Crippen molar-refractivity contribution in [1.29, 1.82) is 0 Å². The predicted molar refractivity (Wildman–Crippen MR) is 72.4 cm³/mol. The molecular weight excluding hydrogens is 212 g/mol. The van der Waals surface area contributed by atoms with Crippen LogP contribution in [0.25, 0.3) is 0 Å². The van der Waals surface area contributed by atoms with Crippen LogP contribution in [0.1, 0.15) is 25.3 Å². The zero-order chi connectivity index (χ0) is 12.3. The van der Waals surface area contributed by atoms with Crippen LogP contribution in [-0.2, 0) is 4.79 Å².